The van der Waals surface area contributed by atoms with Gasteiger partial charge in [-0.3, -0.25) is 4.79 Å². The molecule has 8 heteroatoms. The lowest BCUT2D eigenvalue weighted by Gasteiger charge is -2.24. The van der Waals surface area contributed by atoms with E-state index in [2.05, 4.69) is 16.0 Å². The van der Waals surface area contributed by atoms with Crippen molar-refractivity contribution in [1.82, 2.24) is 15.3 Å². The lowest BCUT2D eigenvalue weighted by atomic mass is 10.0. The van der Waals surface area contributed by atoms with Gasteiger partial charge in [0.05, 0.1) is 17.8 Å². The summed E-state index contributed by atoms with van der Waals surface area (Å²) >= 11 is 0. The predicted molar refractivity (Wildman–Crippen MR) is 165 cm³/mol. The number of anilines is 3. The van der Waals surface area contributed by atoms with Gasteiger partial charge in [-0.1, -0.05) is 60.7 Å². The number of aliphatic hydroxyl groups excluding tert-OH is 1. The summed E-state index contributed by atoms with van der Waals surface area (Å²) in [5.41, 5.74) is 12.0. The quantitative estimate of drug-likeness (QED) is 0.154. The Morgan fingerprint density at radius 2 is 1.63 bits per heavy atom. The van der Waals surface area contributed by atoms with Gasteiger partial charge in [0.2, 0.25) is 5.95 Å². The lowest BCUT2D eigenvalue weighted by Crippen LogP contribution is -2.42. The molecule has 208 valence electrons. The van der Waals surface area contributed by atoms with E-state index in [0.29, 0.717) is 30.3 Å². The number of nitrogens with two attached hydrogens (primary N) is 1. The Kier molecular flexibility index (Phi) is 8.35. The molecule has 6 N–H and O–H groups in total. The first kappa shape index (κ1) is 27.9. The first-order chi connectivity index (χ1) is 19.8. The highest BCUT2D eigenvalue weighted by molar-refractivity contribution is 6.05. The SMILES string of the molecule is CC(C)(CO)NCc1ccc(CN)c(NC(=O)c2ccc(Nc3nc(-c4ccccc4)c4ccccc4n3)cc2)c1. The maximum Gasteiger partial charge on any atom is 0.255 e. The number of aromatic nitrogens is 2. The van der Waals surface area contributed by atoms with E-state index in [1.807, 2.05) is 98.8 Å². The van der Waals surface area contributed by atoms with Gasteiger partial charge >= 0.3 is 0 Å². The molecule has 41 heavy (non-hydrogen) atoms. The number of nitrogens with one attached hydrogen (secondary N) is 3. The van der Waals surface area contributed by atoms with Gasteiger partial charge in [-0.15, -0.1) is 0 Å². The van der Waals surface area contributed by atoms with Gasteiger partial charge in [0, 0.05) is 46.5 Å². The summed E-state index contributed by atoms with van der Waals surface area (Å²) < 4.78 is 0. The maximum absolute atomic E-state index is 13.1. The van der Waals surface area contributed by atoms with Gasteiger partial charge in [0.25, 0.3) is 5.91 Å². The second kappa shape index (κ2) is 12.3. The van der Waals surface area contributed by atoms with Gasteiger partial charge in [-0.2, -0.15) is 0 Å². The molecule has 0 aliphatic rings. The number of fused-ring (bicyclic) bond motifs is 1. The van der Waals surface area contributed by atoms with Crippen LogP contribution in [-0.4, -0.2) is 33.1 Å². The van der Waals surface area contributed by atoms with Crippen molar-refractivity contribution in [3.05, 3.63) is 114 Å². The second-order valence-electron chi connectivity index (χ2n) is 10.5. The molecule has 0 aliphatic carbocycles. The normalized spacial score (nSPS) is 11.4. The summed E-state index contributed by atoms with van der Waals surface area (Å²) in [6.07, 6.45) is 0. The van der Waals surface area contributed by atoms with Crippen LogP contribution in [0.3, 0.4) is 0 Å². The molecule has 0 radical (unpaired) electrons. The van der Waals surface area contributed by atoms with Gasteiger partial charge < -0.3 is 26.8 Å². The molecule has 0 saturated carbocycles. The average molecular weight is 547 g/mol. The highest BCUT2D eigenvalue weighted by atomic mass is 16.3. The number of nitrogens with zero attached hydrogens (tertiary/aromatic N) is 2. The van der Waals surface area contributed by atoms with Gasteiger partial charge in [-0.05, 0) is 61.4 Å². The van der Waals surface area contributed by atoms with E-state index in [9.17, 15) is 9.90 Å². The number of carbonyl (C=O) groups is 1. The fraction of sp³-hybridized carbons (Fsp3) is 0.182. The number of carbonyl (C=O) groups excluding carboxylic acids is 1. The Labute approximate surface area is 239 Å². The van der Waals surface area contributed by atoms with Crippen molar-refractivity contribution in [2.75, 3.05) is 17.2 Å². The molecular formula is C33H34N6O2. The number of para-hydroxylation sites is 1. The summed E-state index contributed by atoms with van der Waals surface area (Å²) in [6.45, 7) is 4.71. The van der Waals surface area contributed by atoms with Crippen LogP contribution >= 0.6 is 0 Å². The molecule has 4 aromatic carbocycles. The molecule has 0 unspecified atom stereocenters. The third kappa shape index (κ3) is 6.75. The highest BCUT2D eigenvalue weighted by Crippen LogP contribution is 2.28. The van der Waals surface area contributed by atoms with Gasteiger partial charge in [0.15, 0.2) is 0 Å². The average Bonchev–Trinajstić information content (AvgIpc) is 3.00. The number of rotatable bonds is 10. The molecular weight excluding hydrogens is 512 g/mol. The Morgan fingerprint density at radius 3 is 2.37 bits per heavy atom. The van der Waals surface area contributed by atoms with Crippen LogP contribution in [0.25, 0.3) is 22.2 Å². The zero-order valence-corrected chi connectivity index (χ0v) is 23.2. The van der Waals surface area contributed by atoms with Crippen LogP contribution in [0.15, 0.2) is 97.1 Å². The molecule has 0 fully saturated rings. The fourth-order valence-electron chi connectivity index (χ4n) is 4.40. The van der Waals surface area contributed by atoms with Gasteiger partial charge in [0.1, 0.15) is 0 Å². The largest absolute Gasteiger partial charge is 0.394 e. The van der Waals surface area contributed by atoms with E-state index < -0.39 is 5.54 Å². The Balaban J connectivity index is 1.32. The number of amides is 1. The molecule has 1 aromatic heterocycles. The highest BCUT2D eigenvalue weighted by Gasteiger charge is 2.16. The van der Waals surface area contributed by atoms with Crippen LogP contribution in [-0.2, 0) is 13.1 Å². The van der Waals surface area contributed by atoms with E-state index >= 15 is 0 Å². The molecule has 0 aliphatic heterocycles. The van der Waals surface area contributed by atoms with Crippen LogP contribution in [0.1, 0.15) is 35.3 Å². The van der Waals surface area contributed by atoms with E-state index in [0.717, 1.165) is 39.0 Å². The summed E-state index contributed by atoms with van der Waals surface area (Å²) in [6, 6.07) is 30.9. The van der Waals surface area contributed by atoms with Crippen molar-refractivity contribution in [2.45, 2.75) is 32.5 Å². The number of benzene rings is 4. The van der Waals surface area contributed by atoms with Crippen LogP contribution in [0.4, 0.5) is 17.3 Å². The Hall–Kier alpha value is -4.63. The third-order valence-corrected chi connectivity index (χ3v) is 6.86. The van der Waals surface area contributed by atoms with Crippen LogP contribution < -0.4 is 21.7 Å². The Bertz CT molecular complexity index is 1650. The number of aliphatic hydroxyl groups is 1. The predicted octanol–water partition coefficient (Wildman–Crippen LogP) is 5.61. The molecule has 0 saturated heterocycles. The lowest BCUT2D eigenvalue weighted by molar-refractivity contribution is 0.102. The van der Waals surface area contributed by atoms with E-state index in [4.69, 9.17) is 15.7 Å². The van der Waals surface area contributed by atoms with Crippen molar-refractivity contribution in [1.29, 1.82) is 0 Å². The van der Waals surface area contributed by atoms with E-state index in [1.54, 1.807) is 12.1 Å². The molecule has 1 heterocycles. The zero-order valence-electron chi connectivity index (χ0n) is 23.2. The summed E-state index contributed by atoms with van der Waals surface area (Å²) in [5, 5.41) is 20.1. The monoisotopic (exact) mass is 546 g/mol. The van der Waals surface area contributed by atoms with Crippen molar-refractivity contribution < 1.29 is 9.90 Å². The van der Waals surface area contributed by atoms with Crippen LogP contribution in [0, 0.1) is 0 Å². The second-order valence-corrected chi connectivity index (χ2v) is 10.5. The molecule has 0 spiro atoms. The smallest absolute Gasteiger partial charge is 0.255 e. The summed E-state index contributed by atoms with van der Waals surface area (Å²) in [4.78, 5) is 22.6. The first-order valence-corrected chi connectivity index (χ1v) is 13.5. The minimum atomic E-state index is -0.410. The van der Waals surface area contributed by atoms with Crippen molar-refractivity contribution in [3.63, 3.8) is 0 Å². The molecule has 0 bridgehead atoms. The molecule has 5 rings (SSSR count). The van der Waals surface area contributed by atoms with Crippen molar-refractivity contribution >= 4 is 34.1 Å². The van der Waals surface area contributed by atoms with Crippen molar-refractivity contribution in [3.8, 4) is 11.3 Å². The molecule has 5 aromatic rings. The van der Waals surface area contributed by atoms with Crippen molar-refractivity contribution in [2.24, 2.45) is 5.73 Å². The topological polar surface area (TPSA) is 125 Å². The van der Waals surface area contributed by atoms with Crippen LogP contribution in [0.2, 0.25) is 0 Å². The van der Waals surface area contributed by atoms with Crippen LogP contribution in [0.5, 0.6) is 0 Å². The van der Waals surface area contributed by atoms with E-state index in [1.165, 1.54) is 0 Å². The first-order valence-electron chi connectivity index (χ1n) is 13.5. The minimum absolute atomic E-state index is 0.0174. The zero-order chi connectivity index (χ0) is 28.8. The summed E-state index contributed by atoms with van der Waals surface area (Å²) in [7, 11) is 0. The summed E-state index contributed by atoms with van der Waals surface area (Å²) in [5.74, 6) is 0.238. The fourth-order valence-corrected chi connectivity index (χ4v) is 4.40. The molecule has 0 atom stereocenters. The minimum Gasteiger partial charge on any atom is -0.394 e. The molecule has 8 nitrogen and oxygen atoms in total. The molecule has 1 amide bonds. The number of hydrogen-bond acceptors (Lipinski definition) is 7. The Morgan fingerprint density at radius 1 is 0.902 bits per heavy atom. The van der Waals surface area contributed by atoms with E-state index in [-0.39, 0.29) is 12.5 Å². The third-order valence-electron chi connectivity index (χ3n) is 6.86. The number of hydrogen-bond donors (Lipinski definition) is 5. The van der Waals surface area contributed by atoms with Gasteiger partial charge in [-0.25, -0.2) is 9.97 Å². The maximum atomic E-state index is 13.1. The standard InChI is InChI=1S/C33H34N6O2/c1-33(2,21-40)35-20-22-12-13-25(19-34)29(18-22)37-31(41)24-14-16-26(17-15-24)36-32-38-28-11-7-6-10-27(28)30(39-32)23-8-4-3-5-9-23/h3-18,35,40H,19-21,34H2,1-2H3,(H,37,41)(H,36,38,39).